The van der Waals surface area contributed by atoms with Gasteiger partial charge in [-0.25, -0.2) is 4.39 Å². The van der Waals surface area contributed by atoms with Gasteiger partial charge in [0.15, 0.2) is 5.96 Å². The summed E-state index contributed by atoms with van der Waals surface area (Å²) in [7, 11) is 3.55. The monoisotopic (exact) mass is 433 g/mol. The van der Waals surface area contributed by atoms with Gasteiger partial charge in [0.2, 0.25) is 0 Å². The summed E-state index contributed by atoms with van der Waals surface area (Å²) >= 11 is 0. The van der Waals surface area contributed by atoms with Crippen molar-refractivity contribution < 1.29 is 9.13 Å². The number of piperazine rings is 1. The van der Waals surface area contributed by atoms with Crippen LogP contribution < -0.4 is 15.5 Å². The summed E-state index contributed by atoms with van der Waals surface area (Å²) < 4.78 is 20.1. The highest BCUT2D eigenvalue weighted by molar-refractivity contribution is 5.79. The molecule has 0 atom stereocenters. The van der Waals surface area contributed by atoms with Crippen molar-refractivity contribution in [3.05, 3.63) is 29.6 Å². The number of hydrogen-bond donors (Lipinski definition) is 2. The lowest BCUT2D eigenvalue weighted by atomic mass is 9.83. The van der Waals surface area contributed by atoms with Crippen molar-refractivity contribution in [1.82, 2.24) is 15.5 Å². The highest BCUT2D eigenvalue weighted by Gasteiger charge is 2.33. The number of aliphatic imine (C=N–C) groups is 1. The molecule has 0 bridgehead atoms. The zero-order chi connectivity index (χ0) is 22.1. The summed E-state index contributed by atoms with van der Waals surface area (Å²) in [5.41, 5.74) is 1.93. The first kappa shape index (κ1) is 23.8. The Kier molecular flexibility index (Phi) is 8.96. The van der Waals surface area contributed by atoms with Crippen LogP contribution in [0, 0.1) is 11.2 Å². The van der Waals surface area contributed by atoms with Crippen LogP contribution in [0.15, 0.2) is 23.2 Å². The molecule has 3 rings (SSSR count). The molecular formula is C24H40FN5O. The zero-order valence-corrected chi connectivity index (χ0v) is 19.6. The molecule has 6 nitrogen and oxygen atoms in total. The van der Waals surface area contributed by atoms with Crippen LogP contribution in [0.3, 0.4) is 0 Å². The molecule has 2 aliphatic rings. The van der Waals surface area contributed by atoms with Gasteiger partial charge in [-0.1, -0.05) is 25.8 Å². The molecule has 31 heavy (non-hydrogen) atoms. The van der Waals surface area contributed by atoms with E-state index >= 15 is 0 Å². The molecule has 1 heterocycles. The van der Waals surface area contributed by atoms with Gasteiger partial charge in [0.1, 0.15) is 5.82 Å². The Morgan fingerprint density at radius 1 is 1.16 bits per heavy atom. The van der Waals surface area contributed by atoms with E-state index in [-0.39, 0.29) is 5.82 Å². The fraction of sp³-hybridized carbons (Fsp3) is 0.708. The molecule has 1 aliphatic carbocycles. The number of ether oxygens (including phenoxy) is 1. The topological polar surface area (TPSA) is 52.1 Å². The summed E-state index contributed by atoms with van der Waals surface area (Å²) in [4.78, 5) is 8.91. The van der Waals surface area contributed by atoms with Crippen molar-refractivity contribution in [3.8, 4) is 0 Å². The molecular weight excluding hydrogens is 393 g/mol. The fourth-order valence-corrected chi connectivity index (χ4v) is 4.86. The van der Waals surface area contributed by atoms with E-state index in [1.165, 1.54) is 25.7 Å². The number of halogens is 1. The van der Waals surface area contributed by atoms with Gasteiger partial charge in [0.05, 0.1) is 5.69 Å². The summed E-state index contributed by atoms with van der Waals surface area (Å²) in [6.07, 6.45) is 6.12. The lowest BCUT2D eigenvalue weighted by Crippen LogP contribution is -2.46. The van der Waals surface area contributed by atoms with Crippen LogP contribution in [0.25, 0.3) is 0 Å². The minimum absolute atomic E-state index is 0.142. The molecule has 0 aromatic heterocycles. The van der Waals surface area contributed by atoms with Crippen molar-refractivity contribution in [2.75, 3.05) is 64.9 Å². The highest BCUT2D eigenvalue weighted by Crippen LogP contribution is 2.40. The maximum absolute atomic E-state index is 14.8. The lowest BCUT2D eigenvalue weighted by molar-refractivity contribution is 0.138. The van der Waals surface area contributed by atoms with Crippen molar-refractivity contribution in [1.29, 1.82) is 0 Å². The molecule has 2 N–H and O–H groups in total. The van der Waals surface area contributed by atoms with Crippen molar-refractivity contribution in [2.45, 2.75) is 45.6 Å². The Balaban J connectivity index is 1.51. The predicted octanol–water partition coefficient (Wildman–Crippen LogP) is 3.23. The molecule has 1 aromatic carbocycles. The largest absolute Gasteiger partial charge is 0.385 e. The molecule has 174 valence electrons. The highest BCUT2D eigenvalue weighted by atomic mass is 19.1. The van der Waals surface area contributed by atoms with Gasteiger partial charge in [-0.05, 0) is 48.9 Å². The standard InChI is InChI=1S/C24H40FN5O/c1-4-29-12-14-30(15-13-29)22-8-7-20(17-21(22)25)18-27-23(26-2)28-19-24(11-16-31-3)9-5-6-10-24/h7-8,17H,4-6,9-16,18-19H2,1-3H3,(H2,26,27,28). The van der Waals surface area contributed by atoms with E-state index in [1.807, 2.05) is 12.1 Å². The van der Waals surface area contributed by atoms with Gasteiger partial charge in [-0.3, -0.25) is 4.99 Å². The quantitative estimate of drug-likeness (QED) is 0.463. The summed E-state index contributed by atoms with van der Waals surface area (Å²) in [6.45, 7) is 9.22. The molecule has 1 aromatic rings. The maximum atomic E-state index is 14.8. The Bertz CT molecular complexity index is 712. The number of hydrogen-bond acceptors (Lipinski definition) is 4. The van der Waals surface area contributed by atoms with E-state index in [0.29, 0.717) is 17.6 Å². The number of methoxy groups -OCH3 is 1. The van der Waals surface area contributed by atoms with Crippen LogP contribution >= 0.6 is 0 Å². The summed E-state index contributed by atoms with van der Waals surface area (Å²) in [5, 5.41) is 6.84. The first-order valence-corrected chi connectivity index (χ1v) is 11.8. The number of nitrogens with zero attached hydrogens (tertiary/aromatic N) is 3. The molecule has 0 unspecified atom stereocenters. The SMILES string of the molecule is CCN1CCN(c2ccc(CNC(=NC)NCC3(CCOC)CCCC3)cc2F)CC1. The maximum Gasteiger partial charge on any atom is 0.191 e. The molecule has 0 radical (unpaired) electrons. The van der Waals surface area contributed by atoms with Crippen LogP contribution in [-0.4, -0.2) is 70.9 Å². The molecule has 0 spiro atoms. The van der Waals surface area contributed by atoms with Crippen LogP contribution in [0.5, 0.6) is 0 Å². The number of nitrogens with one attached hydrogen (secondary N) is 2. The van der Waals surface area contributed by atoms with Crippen LogP contribution in [0.2, 0.25) is 0 Å². The second-order valence-corrected chi connectivity index (χ2v) is 8.94. The molecule has 1 saturated heterocycles. The summed E-state index contributed by atoms with van der Waals surface area (Å²) in [6, 6.07) is 5.59. The van der Waals surface area contributed by atoms with Gasteiger partial charge < -0.3 is 25.2 Å². The summed E-state index contributed by atoms with van der Waals surface area (Å²) in [5.74, 6) is 0.625. The number of anilines is 1. The van der Waals surface area contributed by atoms with Gasteiger partial charge >= 0.3 is 0 Å². The van der Waals surface area contributed by atoms with Gasteiger partial charge in [0.25, 0.3) is 0 Å². The van der Waals surface area contributed by atoms with Crippen LogP contribution in [0.4, 0.5) is 10.1 Å². The van der Waals surface area contributed by atoms with Crippen molar-refractivity contribution in [2.24, 2.45) is 10.4 Å². The predicted molar refractivity (Wildman–Crippen MR) is 126 cm³/mol. The average Bonchev–Trinajstić information content (AvgIpc) is 3.27. The Hall–Kier alpha value is -1.86. The van der Waals surface area contributed by atoms with Gasteiger partial charge in [-0.2, -0.15) is 0 Å². The Labute approximate surface area is 187 Å². The molecule has 0 amide bonds. The number of rotatable bonds is 9. The number of guanidine groups is 1. The molecule has 2 fully saturated rings. The smallest absolute Gasteiger partial charge is 0.191 e. The average molecular weight is 434 g/mol. The third kappa shape index (κ3) is 6.56. The van der Waals surface area contributed by atoms with E-state index in [0.717, 1.165) is 63.8 Å². The van der Waals surface area contributed by atoms with Gasteiger partial charge in [-0.15, -0.1) is 0 Å². The second-order valence-electron chi connectivity index (χ2n) is 8.94. The van der Waals surface area contributed by atoms with E-state index in [9.17, 15) is 4.39 Å². The fourth-order valence-electron chi connectivity index (χ4n) is 4.86. The van der Waals surface area contributed by atoms with Crippen LogP contribution in [-0.2, 0) is 11.3 Å². The van der Waals surface area contributed by atoms with E-state index in [2.05, 4.69) is 32.3 Å². The van der Waals surface area contributed by atoms with Crippen molar-refractivity contribution >= 4 is 11.6 Å². The van der Waals surface area contributed by atoms with Gasteiger partial charge in [0, 0.05) is 60.0 Å². The second kappa shape index (κ2) is 11.7. The first-order valence-electron chi connectivity index (χ1n) is 11.8. The van der Waals surface area contributed by atoms with E-state index in [1.54, 1.807) is 20.2 Å². The minimum Gasteiger partial charge on any atom is -0.385 e. The van der Waals surface area contributed by atoms with E-state index < -0.39 is 0 Å². The third-order valence-electron chi connectivity index (χ3n) is 6.99. The molecule has 1 saturated carbocycles. The first-order chi connectivity index (χ1) is 15.1. The Morgan fingerprint density at radius 3 is 2.52 bits per heavy atom. The number of likely N-dealkylation sites (N-methyl/N-ethyl adjacent to an activating group) is 1. The third-order valence-corrected chi connectivity index (χ3v) is 6.99. The van der Waals surface area contributed by atoms with Crippen LogP contribution in [0.1, 0.15) is 44.6 Å². The zero-order valence-electron chi connectivity index (χ0n) is 19.6. The normalized spacial score (nSPS) is 19.6. The van der Waals surface area contributed by atoms with Crippen molar-refractivity contribution in [3.63, 3.8) is 0 Å². The Morgan fingerprint density at radius 2 is 1.90 bits per heavy atom. The lowest BCUT2D eigenvalue weighted by Gasteiger charge is -2.35. The van der Waals surface area contributed by atoms with E-state index in [4.69, 9.17) is 4.74 Å². The minimum atomic E-state index is -0.142. The molecule has 7 heteroatoms. The number of benzene rings is 1. The molecule has 1 aliphatic heterocycles.